The van der Waals surface area contributed by atoms with Gasteiger partial charge >= 0.3 is 6.09 Å². The van der Waals surface area contributed by atoms with Gasteiger partial charge in [0.05, 0.1) is 33.9 Å². The highest BCUT2D eigenvalue weighted by atomic mass is 35.5. The summed E-state index contributed by atoms with van der Waals surface area (Å²) in [6.45, 7) is 0.755. The van der Waals surface area contributed by atoms with Crippen LogP contribution in [0.25, 0.3) is 0 Å². The smallest absolute Gasteiger partial charge is 0.410 e. The second-order valence-electron chi connectivity index (χ2n) is 9.86. The van der Waals surface area contributed by atoms with Crippen LogP contribution in [0, 0.1) is 23.5 Å². The molecule has 5 rings (SSSR count). The van der Waals surface area contributed by atoms with E-state index >= 15 is 0 Å². The van der Waals surface area contributed by atoms with Gasteiger partial charge in [-0.1, -0.05) is 11.6 Å². The molecule has 2 atom stereocenters. The first kappa shape index (κ1) is 25.9. The van der Waals surface area contributed by atoms with Crippen molar-refractivity contribution in [3.05, 3.63) is 58.6 Å². The van der Waals surface area contributed by atoms with Gasteiger partial charge in [-0.3, -0.25) is 4.79 Å². The fourth-order valence-electron chi connectivity index (χ4n) is 5.82. The Morgan fingerprint density at radius 2 is 1.84 bits per heavy atom. The van der Waals surface area contributed by atoms with Crippen molar-refractivity contribution in [2.45, 2.75) is 41.4 Å². The van der Waals surface area contributed by atoms with E-state index in [1.165, 1.54) is 29.2 Å². The number of nitrogens with one attached hydrogen (secondary N) is 1. The number of rotatable bonds is 6. The predicted molar refractivity (Wildman–Crippen MR) is 130 cm³/mol. The van der Waals surface area contributed by atoms with Crippen LogP contribution in [0.5, 0.6) is 0 Å². The first-order valence-electron chi connectivity index (χ1n) is 11.9. The highest BCUT2D eigenvalue weighted by molar-refractivity contribution is 7.92. The number of ether oxygens (including phenoxy) is 1. The number of carbonyl (C=O) groups excluding carboxylic acids is 2. The number of amides is 2. The van der Waals surface area contributed by atoms with Gasteiger partial charge < -0.3 is 20.1 Å². The Balaban J connectivity index is 1.35. The van der Waals surface area contributed by atoms with Gasteiger partial charge in [0.25, 0.3) is 5.91 Å². The molecule has 2 aromatic rings. The van der Waals surface area contributed by atoms with Crippen LogP contribution < -0.4 is 5.32 Å². The lowest BCUT2D eigenvalue weighted by molar-refractivity contribution is -0.0720. The van der Waals surface area contributed by atoms with Crippen LogP contribution in [0.15, 0.2) is 41.3 Å². The van der Waals surface area contributed by atoms with Crippen LogP contribution in [-0.2, 0) is 14.6 Å². The summed E-state index contributed by atoms with van der Waals surface area (Å²) < 4.78 is 59.0. The number of fused-ring (bicyclic) bond motifs is 2. The van der Waals surface area contributed by atoms with E-state index < -0.39 is 44.3 Å². The molecule has 2 saturated carbocycles. The molecule has 2 aromatic carbocycles. The van der Waals surface area contributed by atoms with Crippen molar-refractivity contribution in [3.8, 4) is 0 Å². The van der Waals surface area contributed by atoms with Crippen molar-refractivity contribution >= 4 is 39.1 Å². The lowest BCUT2D eigenvalue weighted by atomic mass is 9.74. The average molecular weight is 555 g/mol. The van der Waals surface area contributed by atoms with Crippen molar-refractivity contribution in [2.24, 2.45) is 11.8 Å². The molecule has 2 amide bonds. The van der Waals surface area contributed by atoms with Crippen molar-refractivity contribution in [1.29, 1.82) is 0 Å². The molecule has 12 heteroatoms. The molecule has 2 bridgehead atoms. The lowest BCUT2D eigenvalue weighted by Crippen LogP contribution is -2.55. The number of nitrogens with zero attached hydrogens (tertiary/aromatic N) is 1. The molecule has 2 N–H and O–H groups in total. The molecule has 3 fully saturated rings. The molecular formula is C25H25ClF2N2O6S. The number of carbonyl (C=O) groups is 2. The summed E-state index contributed by atoms with van der Waals surface area (Å²) >= 11 is 6.27. The maximum absolute atomic E-state index is 13.7. The summed E-state index contributed by atoms with van der Waals surface area (Å²) in [7, 11) is -3.99. The van der Waals surface area contributed by atoms with Gasteiger partial charge in [0.2, 0.25) is 0 Å². The molecule has 8 nitrogen and oxygen atoms in total. The number of hydrogen-bond acceptors (Lipinski definition) is 6. The number of β-amino-alcohol motifs (C(OH)–C–C–N with tert-alkyl or cyclic N) is 1. The topological polar surface area (TPSA) is 113 Å². The van der Waals surface area contributed by atoms with E-state index in [0.29, 0.717) is 19.4 Å². The Morgan fingerprint density at radius 1 is 1.14 bits per heavy atom. The molecule has 1 aliphatic heterocycles. The molecule has 0 spiro atoms. The SMILES string of the molecule is O=C(Nc1ccc(F)c(F)c1)c1ccc(Cl)c(S(=O)(=O)C2CC3CCC(C2)C3(O)CN2CCOC2=O)c1. The molecule has 1 heterocycles. The predicted octanol–water partition coefficient (Wildman–Crippen LogP) is 4.02. The number of hydrogen-bond donors (Lipinski definition) is 2. The van der Waals surface area contributed by atoms with Crippen LogP contribution in [0.2, 0.25) is 5.02 Å². The van der Waals surface area contributed by atoms with Gasteiger partial charge in [0, 0.05) is 17.3 Å². The third-order valence-electron chi connectivity index (χ3n) is 7.78. The van der Waals surface area contributed by atoms with Gasteiger partial charge in [0.1, 0.15) is 6.61 Å². The monoisotopic (exact) mass is 554 g/mol. The highest BCUT2D eigenvalue weighted by Crippen LogP contribution is 2.52. The molecule has 1 saturated heterocycles. The van der Waals surface area contributed by atoms with E-state index in [4.69, 9.17) is 16.3 Å². The van der Waals surface area contributed by atoms with Crippen LogP contribution in [0.4, 0.5) is 19.3 Å². The lowest BCUT2D eigenvalue weighted by Gasteiger charge is -2.43. The molecule has 198 valence electrons. The number of sulfone groups is 1. The second-order valence-corrected chi connectivity index (χ2v) is 12.5. The van der Waals surface area contributed by atoms with Crippen LogP contribution in [0.1, 0.15) is 36.0 Å². The first-order valence-corrected chi connectivity index (χ1v) is 13.9. The maximum Gasteiger partial charge on any atom is 0.410 e. The van der Waals surface area contributed by atoms with Crippen molar-refractivity contribution in [3.63, 3.8) is 0 Å². The third kappa shape index (κ3) is 4.68. The molecular weight excluding hydrogens is 530 g/mol. The van der Waals surface area contributed by atoms with E-state index in [1.807, 2.05) is 0 Å². The van der Waals surface area contributed by atoms with Crippen LogP contribution >= 0.6 is 11.6 Å². The fourth-order valence-corrected chi connectivity index (χ4v) is 8.22. The Bertz CT molecular complexity index is 1360. The zero-order valence-corrected chi connectivity index (χ0v) is 21.2. The largest absolute Gasteiger partial charge is 0.448 e. The Kier molecular flexibility index (Phi) is 6.66. The van der Waals surface area contributed by atoms with Gasteiger partial charge in [0.15, 0.2) is 21.5 Å². The third-order valence-corrected chi connectivity index (χ3v) is 10.4. The van der Waals surface area contributed by atoms with Crippen molar-refractivity contribution in [2.75, 3.05) is 25.0 Å². The van der Waals surface area contributed by atoms with Crippen molar-refractivity contribution < 1.29 is 36.6 Å². The molecule has 0 radical (unpaired) electrons. The number of aliphatic hydroxyl groups is 1. The minimum absolute atomic E-state index is 0.00767. The molecule has 3 aliphatic rings. The van der Waals surface area contributed by atoms with Gasteiger partial charge in [-0.25, -0.2) is 22.0 Å². The van der Waals surface area contributed by atoms with Gasteiger partial charge in [-0.15, -0.1) is 0 Å². The second kappa shape index (κ2) is 9.52. The van der Waals surface area contributed by atoms with E-state index in [1.54, 1.807) is 0 Å². The molecule has 0 aromatic heterocycles. The van der Waals surface area contributed by atoms with Crippen molar-refractivity contribution in [1.82, 2.24) is 4.90 Å². The summed E-state index contributed by atoms with van der Waals surface area (Å²) in [5, 5.41) is 13.0. The summed E-state index contributed by atoms with van der Waals surface area (Å²) in [5.41, 5.74) is -1.20. The maximum atomic E-state index is 13.7. The van der Waals surface area contributed by atoms with E-state index in [9.17, 15) is 31.9 Å². The summed E-state index contributed by atoms with van der Waals surface area (Å²) in [6.07, 6.45) is 1.19. The van der Waals surface area contributed by atoms with E-state index in [-0.39, 0.29) is 59.0 Å². The van der Waals surface area contributed by atoms with E-state index in [2.05, 4.69) is 5.32 Å². The standard InChI is InChI=1S/C25H25ClF2N2O6S/c26-19-5-1-14(23(31)29-17-4-6-20(27)21(28)12-17)9-22(19)37(34,35)18-10-15-2-3-16(11-18)25(15,33)13-30-7-8-36-24(30)32/h1,4-6,9,12,15-16,18,33H,2-3,7-8,10-11,13H2,(H,29,31). The molecule has 37 heavy (non-hydrogen) atoms. The zero-order valence-electron chi connectivity index (χ0n) is 19.6. The molecule has 2 aliphatic carbocycles. The summed E-state index contributed by atoms with van der Waals surface area (Å²) in [4.78, 5) is 25.9. The minimum atomic E-state index is -3.99. The van der Waals surface area contributed by atoms with Crippen LogP contribution in [0.3, 0.4) is 0 Å². The number of halogens is 3. The van der Waals surface area contributed by atoms with E-state index in [0.717, 1.165) is 12.1 Å². The van der Waals surface area contributed by atoms with Gasteiger partial charge in [-0.2, -0.15) is 0 Å². The fraction of sp³-hybridized carbons (Fsp3) is 0.440. The number of benzene rings is 2. The Labute approximate surface area is 217 Å². The average Bonchev–Trinajstić information content (AvgIpc) is 3.27. The quantitative estimate of drug-likeness (QED) is 0.558. The Morgan fingerprint density at radius 3 is 2.46 bits per heavy atom. The molecule has 2 unspecified atom stereocenters. The highest BCUT2D eigenvalue weighted by Gasteiger charge is 2.57. The zero-order chi connectivity index (χ0) is 26.5. The number of anilines is 1. The summed E-state index contributed by atoms with van der Waals surface area (Å²) in [6, 6.07) is 6.70. The van der Waals surface area contributed by atoms with Gasteiger partial charge in [-0.05, 0) is 67.9 Å². The van der Waals surface area contributed by atoms with Crippen LogP contribution in [-0.4, -0.2) is 61.0 Å². The Hall–Kier alpha value is -2.76. The minimum Gasteiger partial charge on any atom is -0.448 e. The number of cyclic esters (lactones) is 1. The normalized spacial score (nSPS) is 27.3. The summed E-state index contributed by atoms with van der Waals surface area (Å²) in [5.74, 6) is -3.55. The first-order chi connectivity index (χ1) is 17.5.